The van der Waals surface area contributed by atoms with E-state index in [1.807, 2.05) is 0 Å². The molecule has 1 saturated heterocycles. The number of hydrogen-bond acceptors (Lipinski definition) is 4. The van der Waals surface area contributed by atoms with Crippen molar-refractivity contribution in [2.75, 3.05) is 18.1 Å². The number of carboxylic acids is 1. The van der Waals surface area contributed by atoms with Gasteiger partial charge in [0.25, 0.3) is 5.91 Å². The average Bonchev–Trinajstić information content (AvgIpc) is 2.94. The summed E-state index contributed by atoms with van der Waals surface area (Å²) in [7, 11) is 0. The van der Waals surface area contributed by atoms with Gasteiger partial charge in [-0.1, -0.05) is 6.07 Å². The van der Waals surface area contributed by atoms with Crippen LogP contribution >= 0.6 is 11.8 Å². The third-order valence-corrected chi connectivity index (χ3v) is 4.50. The van der Waals surface area contributed by atoms with Crippen molar-refractivity contribution in [2.45, 2.75) is 12.0 Å². The number of amides is 2. The maximum atomic E-state index is 13.0. The molecule has 0 aliphatic carbocycles. The van der Waals surface area contributed by atoms with Crippen LogP contribution < -0.4 is 10.6 Å². The van der Waals surface area contributed by atoms with Gasteiger partial charge in [0.15, 0.2) is 0 Å². The Morgan fingerprint density at radius 3 is 2.73 bits per heavy atom. The second-order valence-electron chi connectivity index (χ2n) is 4.93. The standard InChI is InChI=1S/C14H15FN2O4S/c15-10-3-1-2-9(6-10)12(19)16-7-11(18)17-14(13(20)21)4-5-22-8-14/h1-3,6H,4-5,7-8H2,(H,16,19)(H,17,18)(H,20,21). The van der Waals surface area contributed by atoms with Crippen LogP contribution in [0.1, 0.15) is 16.8 Å². The second kappa shape index (κ2) is 6.78. The highest BCUT2D eigenvalue weighted by atomic mass is 32.2. The molecule has 0 aromatic heterocycles. The Morgan fingerprint density at radius 1 is 1.36 bits per heavy atom. The van der Waals surface area contributed by atoms with Crippen LogP contribution in [0.2, 0.25) is 0 Å². The number of hydrogen-bond donors (Lipinski definition) is 3. The van der Waals surface area contributed by atoms with Gasteiger partial charge in [-0.15, -0.1) is 0 Å². The van der Waals surface area contributed by atoms with Crippen molar-refractivity contribution >= 4 is 29.5 Å². The molecule has 1 aliphatic heterocycles. The van der Waals surface area contributed by atoms with E-state index in [0.29, 0.717) is 17.9 Å². The van der Waals surface area contributed by atoms with Crippen LogP contribution in [0.5, 0.6) is 0 Å². The normalized spacial score (nSPS) is 20.4. The summed E-state index contributed by atoms with van der Waals surface area (Å²) in [6.45, 7) is -0.366. The lowest BCUT2D eigenvalue weighted by Gasteiger charge is -2.24. The van der Waals surface area contributed by atoms with E-state index in [0.717, 1.165) is 6.07 Å². The Morgan fingerprint density at radius 2 is 2.14 bits per heavy atom. The third kappa shape index (κ3) is 3.76. The van der Waals surface area contributed by atoms with E-state index >= 15 is 0 Å². The fourth-order valence-electron chi connectivity index (χ4n) is 2.09. The molecule has 1 unspecified atom stereocenters. The van der Waals surface area contributed by atoms with E-state index in [1.165, 1.54) is 30.0 Å². The highest BCUT2D eigenvalue weighted by molar-refractivity contribution is 7.99. The van der Waals surface area contributed by atoms with Gasteiger partial charge in [0.1, 0.15) is 11.4 Å². The molecule has 2 amide bonds. The number of carbonyl (C=O) groups excluding carboxylic acids is 2. The van der Waals surface area contributed by atoms with Gasteiger partial charge in [0.2, 0.25) is 5.91 Å². The molecule has 1 aliphatic rings. The predicted molar refractivity (Wildman–Crippen MR) is 79.2 cm³/mol. The Hall–Kier alpha value is -2.09. The lowest BCUT2D eigenvalue weighted by molar-refractivity contribution is -0.146. The molecular weight excluding hydrogens is 311 g/mol. The number of benzene rings is 1. The van der Waals surface area contributed by atoms with Gasteiger partial charge >= 0.3 is 5.97 Å². The van der Waals surface area contributed by atoms with Crippen molar-refractivity contribution in [3.63, 3.8) is 0 Å². The summed E-state index contributed by atoms with van der Waals surface area (Å²) in [6, 6.07) is 5.07. The number of thioether (sulfide) groups is 1. The Kier molecular flexibility index (Phi) is 5.02. The highest BCUT2D eigenvalue weighted by Crippen LogP contribution is 2.28. The summed E-state index contributed by atoms with van der Waals surface area (Å²) < 4.78 is 13.0. The van der Waals surface area contributed by atoms with Gasteiger partial charge in [-0.3, -0.25) is 9.59 Å². The molecule has 22 heavy (non-hydrogen) atoms. The number of rotatable bonds is 5. The summed E-state index contributed by atoms with van der Waals surface area (Å²) in [5.74, 6) is -1.87. The third-order valence-electron chi connectivity index (χ3n) is 3.31. The summed E-state index contributed by atoms with van der Waals surface area (Å²) in [5.41, 5.74) is -1.18. The molecule has 1 fully saturated rings. The molecule has 6 nitrogen and oxygen atoms in total. The molecular formula is C14H15FN2O4S. The summed E-state index contributed by atoms with van der Waals surface area (Å²) in [4.78, 5) is 34.9. The van der Waals surface area contributed by atoms with Gasteiger partial charge < -0.3 is 15.7 Å². The van der Waals surface area contributed by atoms with Crippen molar-refractivity contribution in [1.29, 1.82) is 0 Å². The highest BCUT2D eigenvalue weighted by Gasteiger charge is 2.43. The minimum Gasteiger partial charge on any atom is -0.479 e. The van der Waals surface area contributed by atoms with Gasteiger partial charge in [0, 0.05) is 11.3 Å². The SMILES string of the molecule is O=C(CNC(=O)c1cccc(F)c1)NC1(C(=O)O)CCSC1. The van der Waals surface area contributed by atoms with Crippen LogP contribution in [0.4, 0.5) is 4.39 Å². The van der Waals surface area contributed by atoms with Crippen LogP contribution in [-0.4, -0.2) is 46.5 Å². The van der Waals surface area contributed by atoms with Crippen LogP contribution in [0.3, 0.4) is 0 Å². The summed E-state index contributed by atoms with van der Waals surface area (Å²) in [5, 5.41) is 14.0. The molecule has 0 bridgehead atoms. The monoisotopic (exact) mass is 326 g/mol. The molecule has 118 valence electrons. The second-order valence-corrected chi connectivity index (χ2v) is 6.04. The minimum atomic E-state index is -1.27. The molecule has 1 atom stereocenters. The first-order valence-electron chi connectivity index (χ1n) is 6.59. The molecule has 0 radical (unpaired) electrons. The number of nitrogens with one attached hydrogen (secondary N) is 2. The van der Waals surface area contributed by atoms with E-state index in [1.54, 1.807) is 0 Å². The zero-order chi connectivity index (χ0) is 16.2. The van der Waals surface area contributed by atoms with E-state index in [9.17, 15) is 23.9 Å². The largest absolute Gasteiger partial charge is 0.479 e. The maximum Gasteiger partial charge on any atom is 0.330 e. The molecule has 1 aromatic rings. The van der Waals surface area contributed by atoms with E-state index < -0.39 is 29.1 Å². The van der Waals surface area contributed by atoms with E-state index in [-0.39, 0.29) is 12.1 Å². The van der Waals surface area contributed by atoms with Gasteiger partial charge in [0.05, 0.1) is 6.54 Å². The first-order valence-corrected chi connectivity index (χ1v) is 7.74. The van der Waals surface area contributed by atoms with Crippen molar-refractivity contribution in [3.05, 3.63) is 35.6 Å². The van der Waals surface area contributed by atoms with E-state index in [2.05, 4.69) is 10.6 Å². The quantitative estimate of drug-likeness (QED) is 0.738. The molecule has 8 heteroatoms. The molecule has 0 spiro atoms. The van der Waals surface area contributed by atoms with E-state index in [4.69, 9.17) is 0 Å². The summed E-state index contributed by atoms with van der Waals surface area (Å²) in [6.07, 6.45) is 0.344. The Balaban J connectivity index is 1.90. The first-order chi connectivity index (χ1) is 10.4. The van der Waals surface area contributed by atoms with Crippen LogP contribution in [0.25, 0.3) is 0 Å². The molecule has 3 N–H and O–H groups in total. The van der Waals surface area contributed by atoms with Crippen LogP contribution in [-0.2, 0) is 9.59 Å². The Labute approximate surface area is 130 Å². The Bertz CT molecular complexity index is 602. The minimum absolute atomic E-state index is 0.0946. The van der Waals surface area contributed by atoms with Crippen molar-refractivity contribution in [1.82, 2.24) is 10.6 Å². The number of carbonyl (C=O) groups is 3. The van der Waals surface area contributed by atoms with Crippen molar-refractivity contribution in [3.8, 4) is 0 Å². The van der Waals surface area contributed by atoms with Crippen molar-refractivity contribution in [2.24, 2.45) is 0 Å². The van der Waals surface area contributed by atoms with Gasteiger partial charge in [-0.2, -0.15) is 11.8 Å². The lowest BCUT2D eigenvalue weighted by atomic mass is 9.99. The van der Waals surface area contributed by atoms with Crippen LogP contribution in [0, 0.1) is 5.82 Å². The number of halogens is 1. The average molecular weight is 326 g/mol. The smallest absolute Gasteiger partial charge is 0.330 e. The molecule has 0 saturated carbocycles. The molecule has 2 rings (SSSR count). The lowest BCUT2D eigenvalue weighted by Crippen LogP contribution is -2.56. The number of aliphatic carboxylic acids is 1. The fraction of sp³-hybridized carbons (Fsp3) is 0.357. The first kappa shape index (κ1) is 16.3. The van der Waals surface area contributed by atoms with Crippen molar-refractivity contribution < 1.29 is 23.9 Å². The zero-order valence-corrected chi connectivity index (χ0v) is 12.4. The maximum absolute atomic E-state index is 13.0. The summed E-state index contributed by atoms with van der Waals surface area (Å²) >= 11 is 1.45. The fourth-order valence-corrected chi connectivity index (χ4v) is 3.41. The van der Waals surface area contributed by atoms with Gasteiger partial charge in [-0.25, -0.2) is 9.18 Å². The molecule has 1 aromatic carbocycles. The van der Waals surface area contributed by atoms with Crippen LogP contribution in [0.15, 0.2) is 24.3 Å². The molecule has 1 heterocycles. The predicted octanol–water partition coefficient (Wildman–Crippen LogP) is 0.632. The topological polar surface area (TPSA) is 95.5 Å². The van der Waals surface area contributed by atoms with Gasteiger partial charge in [-0.05, 0) is 30.4 Å². The number of carboxylic acid groups (broad SMARTS) is 1. The zero-order valence-electron chi connectivity index (χ0n) is 11.6.